The number of hydrogen-bond acceptors (Lipinski definition) is 3. The van der Waals surface area contributed by atoms with Crippen molar-refractivity contribution in [3.63, 3.8) is 0 Å². The molecule has 88 valence electrons. The maximum atomic E-state index is 6.25. The molecule has 0 fully saturated rings. The minimum absolute atomic E-state index is 0.749. The van der Waals surface area contributed by atoms with Gasteiger partial charge in [-0.3, -0.25) is 0 Å². The summed E-state index contributed by atoms with van der Waals surface area (Å²) in [6, 6.07) is 5.93. The van der Waals surface area contributed by atoms with E-state index in [1.165, 1.54) is 10.6 Å². The third kappa shape index (κ3) is 2.27. The molecule has 1 aromatic heterocycles. The first-order valence-corrected chi connectivity index (χ1v) is 7.37. The first-order valence-electron chi connectivity index (χ1n) is 5.39. The van der Waals surface area contributed by atoms with Crippen molar-refractivity contribution in [2.24, 2.45) is 0 Å². The third-order valence-electron chi connectivity index (χ3n) is 2.76. The minimum atomic E-state index is 0.749. The zero-order chi connectivity index (χ0) is 11.8. The molecule has 1 aromatic carbocycles. The van der Waals surface area contributed by atoms with Crippen LogP contribution in [0.4, 0.5) is 0 Å². The molecule has 0 spiro atoms. The van der Waals surface area contributed by atoms with Crippen molar-refractivity contribution in [3.05, 3.63) is 38.3 Å². The summed E-state index contributed by atoms with van der Waals surface area (Å²) in [6.07, 6.45) is 1.01. The number of nitrogens with one attached hydrogen (secondary N) is 1. The summed E-state index contributed by atoms with van der Waals surface area (Å²) < 4.78 is 0.995. The standard InChI is InChI=1S/C12H10BrClN2S/c13-7-1-2-8(9(14)5-7)12-16-10-3-4-15-6-11(10)17-12/h1-2,5,15H,3-4,6H2. The molecule has 0 amide bonds. The number of halogens is 2. The van der Waals surface area contributed by atoms with E-state index in [-0.39, 0.29) is 0 Å². The lowest BCUT2D eigenvalue weighted by Crippen LogP contribution is -2.22. The predicted molar refractivity (Wildman–Crippen MR) is 75.7 cm³/mol. The number of rotatable bonds is 1. The molecule has 0 unspecified atom stereocenters. The van der Waals surface area contributed by atoms with E-state index in [9.17, 15) is 0 Å². The lowest BCUT2D eigenvalue weighted by atomic mass is 10.2. The van der Waals surface area contributed by atoms with Crippen molar-refractivity contribution in [1.82, 2.24) is 10.3 Å². The molecular formula is C12H10BrClN2S. The molecule has 1 aliphatic heterocycles. The largest absolute Gasteiger partial charge is 0.311 e. The second-order valence-electron chi connectivity index (χ2n) is 3.94. The minimum Gasteiger partial charge on any atom is -0.311 e. The zero-order valence-electron chi connectivity index (χ0n) is 8.96. The van der Waals surface area contributed by atoms with Crippen molar-refractivity contribution >= 4 is 38.9 Å². The fourth-order valence-corrected chi connectivity index (χ4v) is 3.84. The van der Waals surface area contributed by atoms with Gasteiger partial charge in [-0.25, -0.2) is 4.98 Å². The van der Waals surface area contributed by atoms with Gasteiger partial charge in [-0.1, -0.05) is 27.5 Å². The van der Waals surface area contributed by atoms with E-state index in [1.807, 2.05) is 18.2 Å². The van der Waals surface area contributed by atoms with Gasteiger partial charge in [0.15, 0.2) is 0 Å². The van der Waals surface area contributed by atoms with Gasteiger partial charge < -0.3 is 5.32 Å². The lowest BCUT2D eigenvalue weighted by Gasteiger charge is -2.09. The smallest absolute Gasteiger partial charge is 0.125 e. The third-order valence-corrected chi connectivity index (χ3v) is 4.70. The summed E-state index contributed by atoms with van der Waals surface area (Å²) >= 11 is 11.4. The van der Waals surface area contributed by atoms with Gasteiger partial charge in [-0.2, -0.15) is 0 Å². The van der Waals surface area contributed by atoms with Gasteiger partial charge in [0, 0.05) is 34.4 Å². The Morgan fingerprint density at radius 3 is 3.06 bits per heavy atom. The highest BCUT2D eigenvalue weighted by Crippen LogP contribution is 2.35. The quantitative estimate of drug-likeness (QED) is 0.859. The van der Waals surface area contributed by atoms with Crippen LogP contribution in [-0.4, -0.2) is 11.5 Å². The summed E-state index contributed by atoms with van der Waals surface area (Å²) in [6.45, 7) is 1.95. The fourth-order valence-electron chi connectivity index (χ4n) is 1.90. The van der Waals surface area contributed by atoms with Crippen LogP contribution in [0.2, 0.25) is 5.02 Å². The highest BCUT2D eigenvalue weighted by atomic mass is 79.9. The highest BCUT2D eigenvalue weighted by molar-refractivity contribution is 9.10. The Labute approximate surface area is 117 Å². The molecular weight excluding hydrogens is 320 g/mol. The SMILES string of the molecule is Clc1cc(Br)ccc1-c1nc2c(s1)CNCC2. The van der Waals surface area contributed by atoms with E-state index in [2.05, 4.69) is 21.2 Å². The van der Waals surface area contributed by atoms with Gasteiger partial charge in [0.05, 0.1) is 10.7 Å². The molecule has 0 saturated heterocycles. The second kappa shape index (κ2) is 4.69. The molecule has 17 heavy (non-hydrogen) atoms. The van der Waals surface area contributed by atoms with Crippen LogP contribution >= 0.6 is 38.9 Å². The van der Waals surface area contributed by atoms with Crippen molar-refractivity contribution in [3.8, 4) is 10.6 Å². The van der Waals surface area contributed by atoms with Crippen molar-refractivity contribution in [2.45, 2.75) is 13.0 Å². The van der Waals surface area contributed by atoms with Gasteiger partial charge in [-0.05, 0) is 18.2 Å². The Kier molecular flexibility index (Phi) is 3.21. The van der Waals surface area contributed by atoms with Crippen molar-refractivity contribution in [1.29, 1.82) is 0 Å². The van der Waals surface area contributed by atoms with Gasteiger partial charge in [0.25, 0.3) is 0 Å². The number of thiazole rings is 1. The molecule has 0 aliphatic carbocycles. The van der Waals surface area contributed by atoms with Crippen LogP contribution in [0.5, 0.6) is 0 Å². The van der Waals surface area contributed by atoms with Crippen LogP contribution < -0.4 is 5.32 Å². The number of fused-ring (bicyclic) bond motifs is 1. The maximum absolute atomic E-state index is 6.25. The molecule has 3 rings (SSSR count). The summed E-state index contributed by atoms with van der Waals surface area (Å²) in [7, 11) is 0. The van der Waals surface area contributed by atoms with Crippen LogP contribution in [0.1, 0.15) is 10.6 Å². The van der Waals surface area contributed by atoms with Crippen LogP contribution in [0, 0.1) is 0 Å². The molecule has 2 aromatic rings. The molecule has 2 nitrogen and oxygen atoms in total. The summed E-state index contributed by atoms with van der Waals surface area (Å²) in [5, 5.41) is 5.13. The molecule has 0 bridgehead atoms. The Bertz CT molecular complexity index is 544. The molecule has 0 atom stereocenters. The van der Waals surface area contributed by atoms with Gasteiger partial charge in [-0.15, -0.1) is 11.3 Å². The van der Waals surface area contributed by atoms with Crippen LogP contribution in [0.25, 0.3) is 10.6 Å². The molecule has 1 N–H and O–H groups in total. The summed E-state index contributed by atoms with van der Waals surface area (Å²) in [5.41, 5.74) is 2.25. The maximum Gasteiger partial charge on any atom is 0.125 e. The topological polar surface area (TPSA) is 24.9 Å². The van der Waals surface area contributed by atoms with Crippen molar-refractivity contribution in [2.75, 3.05) is 6.54 Å². The van der Waals surface area contributed by atoms with E-state index in [0.717, 1.165) is 39.6 Å². The molecule has 5 heteroatoms. The monoisotopic (exact) mass is 328 g/mol. The van der Waals surface area contributed by atoms with E-state index >= 15 is 0 Å². The first-order chi connectivity index (χ1) is 8.24. The Morgan fingerprint density at radius 2 is 2.29 bits per heavy atom. The summed E-state index contributed by atoms with van der Waals surface area (Å²) in [4.78, 5) is 6.03. The Hall–Kier alpha value is -0.420. The van der Waals surface area contributed by atoms with Gasteiger partial charge in [0.1, 0.15) is 5.01 Å². The van der Waals surface area contributed by atoms with Crippen LogP contribution in [0.15, 0.2) is 22.7 Å². The Balaban J connectivity index is 2.06. The van der Waals surface area contributed by atoms with Crippen molar-refractivity contribution < 1.29 is 0 Å². The molecule has 0 saturated carbocycles. The van der Waals surface area contributed by atoms with Crippen LogP contribution in [0.3, 0.4) is 0 Å². The van der Waals surface area contributed by atoms with Gasteiger partial charge >= 0.3 is 0 Å². The highest BCUT2D eigenvalue weighted by Gasteiger charge is 2.16. The van der Waals surface area contributed by atoms with Gasteiger partial charge in [0.2, 0.25) is 0 Å². The second-order valence-corrected chi connectivity index (χ2v) is 6.35. The number of hydrogen-bond donors (Lipinski definition) is 1. The molecule has 1 aliphatic rings. The zero-order valence-corrected chi connectivity index (χ0v) is 12.1. The number of benzene rings is 1. The lowest BCUT2D eigenvalue weighted by molar-refractivity contribution is 0.644. The van der Waals surface area contributed by atoms with E-state index in [4.69, 9.17) is 16.6 Å². The number of aromatic nitrogens is 1. The molecule has 2 heterocycles. The number of nitrogens with zero attached hydrogens (tertiary/aromatic N) is 1. The molecule has 0 radical (unpaired) electrons. The average molecular weight is 330 g/mol. The first kappa shape index (κ1) is 11.7. The average Bonchev–Trinajstić information content (AvgIpc) is 2.72. The summed E-state index contributed by atoms with van der Waals surface area (Å²) in [5.74, 6) is 0. The van der Waals surface area contributed by atoms with Crippen LogP contribution in [-0.2, 0) is 13.0 Å². The fraction of sp³-hybridized carbons (Fsp3) is 0.250. The van der Waals surface area contributed by atoms with E-state index in [1.54, 1.807) is 11.3 Å². The predicted octanol–water partition coefficient (Wildman–Crippen LogP) is 3.87. The normalized spacial score (nSPS) is 14.7. The Morgan fingerprint density at radius 1 is 1.41 bits per heavy atom. The van der Waals surface area contributed by atoms with E-state index < -0.39 is 0 Å². The van der Waals surface area contributed by atoms with E-state index in [0.29, 0.717) is 0 Å².